The normalized spacial score (nSPS) is 19.0. The Balaban J connectivity index is 1.32. The van der Waals surface area contributed by atoms with Gasteiger partial charge in [0.15, 0.2) is 0 Å². The molecule has 4 rings (SSSR count). The van der Waals surface area contributed by atoms with Crippen molar-refractivity contribution in [3.8, 4) is 17.1 Å². The standard InChI is InChI=1S/C23H26N4O2/c1-16-8-13-22(24-15-16)29-19-11-9-18(10-12-19)25-23(28)21-14-20(26-27(21)2)17-6-4-3-5-7-17/h3-8,13-15,18-19H,9-12H2,1-2H3,(H,25,28). The molecule has 1 aromatic carbocycles. The maximum absolute atomic E-state index is 12.8. The maximum Gasteiger partial charge on any atom is 0.269 e. The highest BCUT2D eigenvalue weighted by Crippen LogP contribution is 2.24. The maximum atomic E-state index is 12.8. The fraction of sp³-hybridized carbons (Fsp3) is 0.348. The zero-order valence-corrected chi connectivity index (χ0v) is 16.8. The number of aromatic nitrogens is 3. The van der Waals surface area contributed by atoms with Crippen LogP contribution in [-0.2, 0) is 7.05 Å². The summed E-state index contributed by atoms with van der Waals surface area (Å²) in [4.78, 5) is 17.1. The van der Waals surface area contributed by atoms with E-state index in [9.17, 15) is 4.79 Å². The van der Waals surface area contributed by atoms with Crippen LogP contribution in [-0.4, -0.2) is 32.8 Å². The second kappa shape index (κ2) is 8.47. The van der Waals surface area contributed by atoms with Crippen LogP contribution < -0.4 is 10.1 Å². The third-order valence-corrected chi connectivity index (χ3v) is 5.36. The van der Waals surface area contributed by atoms with Gasteiger partial charge in [-0.05, 0) is 44.2 Å². The van der Waals surface area contributed by atoms with E-state index in [0.29, 0.717) is 11.6 Å². The summed E-state index contributed by atoms with van der Waals surface area (Å²) < 4.78 is 7.63. The number of nitrogens with zero attached hydrogens (tertiary/aromatic N) is 3. The summed E-state index contributed by atoms with van der Waals surface area (Å²) in [5.41, 5.74) is 3.51. The lowest BCUT2D eigenvalue weighted by atomic mass is 9.93. The molecule has 0 spiro atoms. The number of ether oxygens (including phenoxy) is 1. The second-order valence-corrected chi connectivity index (χ2v) is 7.64. The van der Waals surface area contributed by atoms with Crippen molar-refractivity contribution < 1.29 is 9.53 Å². The van der Waals surface area contributed by atoms with Crippen LogP contribution in [0, 0.1) is 6.92 Å². The van der Waals surface area contributed by atoms with Gasteiger partial charge in [-0.3, -0.25) is 9.48 Å². The van der Waals surface area contributed by atoms with Gasteiger partial charge in [-0.15, -0.1) is 0 Å². The van der Waals surface area contributed by atoms with Crippen molar-refractivity contribution in [2.24, 2.45) is 7.05 Å². The first kappa shape index (κ1) is 19.2. The fourth-order valence-corrected chi connectivity index (χ4v) is 3.71. The van der Waals surface area contributed by atoms with Gasteiger partial charge in [-0.1, -0.05) is 36.4 Å². The number of carbonyl (C=O) groups excluding carboxylic acids is 1. The molecule has 1 saturated carbocycles. The molecular weight excluding hydrogens is 364 g/mol. The Labute approximate surface area is 170 Å². The SMILES string of the molecule is Cc1ccc(OC2CCC(NC(=O)c3cc(-c4ccccc4)nn3C)CC2)nc1. The lowest BCUT2D eigenvalue weighted by molar-refractivity contribution is 0.0881. The molecule has 1 N–H and O–H groups in total. The van der Waals surface area contributed by atoms with Crippen LogP contribution in [0.1, 0.15) is 41.7 Å². The minimum Gasteiger partial charge on any atom is -0.474 e. The van der Waals surface area contributed by atoms with E-state index in [-0.39, 0.29) is 18.1 Å². The molecule has 29 heavy (non-hydrogen) atoms. The molecule has 0 radical (unpaired) electrons. The molecule has 6 nitrogen and oxygen atoms in total. The average molecular weight is 390 g/mol. The van der Waals surface area contributed by atoms with Crippen molar-refractivity contribution in [2.75, 3.05) is 0 Å². The van der Waals surface area contributed by atoms with Gasteiger partial charge in [0.1, 0.15) is 11.8 Å². The smallest absolute Gasteiger partial charge is 0.269 e. The van der Waals surface area contributed by atoms with Gasteiger partial charge in [-0.25, -0.2) is 4.98 Å². The van der Waals surface area contributed by atoms with E-state index < -0.39 is 0 Å². The molecular formula is C23H26N4O2. The van der Waals surface area contributed by atoms with Crippen LogP contribution in [0.2, 0.25) is 0 Å². The Morgan fingerprint density at radius 3 is 2.55 bits per heavy atom. The highest BCUT2D eigenvalue weighted by atomic mass is 16.5. The summed E-state index contributed by atoms with van der Waals surface area (Å²) in [6.07, 6.45) is 5.57. The Morgan fingerprint density at radius 1 is 1.10 bits per heavy atom. The Kier molecular flexibility index (Phi) is 5.60. The van der Waals surface area contributed by atoms with Crippen molar-refractivity contribution in [2.45, 2.75) is 44.8 Å². The number of nitrogens with one attached hydrogen (secondary N) is 1. The third-order valence-electron chi connectivity index (χ3n) is 5.36. The molecule has 0 bridgehead atoms. The fourth-order valence-electron chi connectivity index (χ4n) is 3.71. The molecule has 1 aliphatic rings. The molecule has 1 fully saturated rings. The van der Waals surface area contributed by atoms with Crippen LogP contribution in [0.5, 0.6) is 5.88 Å². The van der Waals surface area contributed by atoms with Gasteiger partial charge >= 0.3 is 0 Å². The van der Waals surface area contributed by atoms with Gasteiger partial charge in [0, 0.05) is 30.9 Å². The van der Waals surface area contributed by atoms with Crippen LogP contribution >= 0.6 is 0 Å². The Bertz CT molecular complexity index is 958. The first-order valence-corrected chi connectivity index (χ1v) is 10.1. The van der Waals surface area contributed by atoms with Gasteiger partial charge in [0.2, 0.25) is 5.88 Å². The van der Waals surface area contributed by atoms with Crippen LogP contribution in [0.4, 0.5) is 0 Å². The molecule has 6 heteroatoms. The van der Waals surface area contributed by atoms with E-state index >= 15 is 0 Å². The van der Waals surface area contributed by atoms with Crippen molar-refractivity contribution in [3.05, 3.63) is 66.0 Å². The average Bonchev–Trinajstić information content (AvgIpc) is 3.14. The first-order valence-electron chi connectivity index (χ1n) is 10.1. The highest BCUT2D eigenvalue weighted by molar-refractivity contribution is 5.93. The quantitative estimate of drug-likeness (QED) is 0.717. The molecule has 0 saturated heterocycles. The number of aryl methyl sites for hydroxylation is 2. The summed E-state index contributed by atoms with van der Waals surface area (Å²) >= 11 is 0. The van der Waals surface area contributed by atoms with Crippen molar-refractivity contribution >= 4 is 5.91 Å². The van der Waals surface area contributed by atoms with E-state index in [1.165, 1.54) is 0 Å². The van der Waals surface area contributed by atoms with Gasteiger partial charge in [0.25, 0.3) is 5.91 Å². The van der Waals surface area contributed by atoms with Crippen molar-refractivity contribution in [1.29, 1.82) is 0 Å². The predicted molar refractivity (Wildman–Crippen MR) is 112 cm³/mol. The van der Waals surface area contributed by atoms with Crippen molar-refractivity contribution in [3.63, 3.8) is 0 Å². The Hall–Kier alpha value is -3.15. The monoisotopic (exact) mass is 390 g/mol. The third kappa shape index (κ3) is 4.65. The summed E-state index contributed by atoms with van der Waals surface area (Å²) in [7, 11) is 1.81. The molecule has 1 amide bonds. The molecule has 0 atom stereocenters. The minimum absolute atomic E-state index is 0.0771. The number of amides is 1. The van der Waals surface area contributed by atoms with Gasteiger partial charge < -0.3 is 10.1 Å². The number of benzene rings is 1. The van der Waals surface area contributed by atoms with Gasteiger partial charge in [0.05, 0.1) is 5.69 Å². The molecule has 3 aromatic rings. The first-order chi connectivity index (χ1) is 14.1. The summed E-state index contributed by atoms with van der Waals surface area (Å²) in [5.74, 6) is 0.596. The topological polar surface area (TPSA) is 69.0 Å². The number of hydrogen-bond acceptors (Lipinski definition) is 4. The lowest BCUT2D eigenvalue weighted by Crippen LogP contribution is -2.40. The van der Waals surface area contributed by atoms with Crippen LogP contribution in [0.3, 0.4) is 0 Å². The van der Waals surface area contributed by atoms with E-state index in [1.54, 1.807) is 11.7 Å². The van der Waals surface area contributed by atoms with E-state index in [1.807, 2.05) is 61.7 Å². The number of pyridine rings is 1. The van der Waals surface area contributed by atoms with Crippen molar-refractivity contribution in [1.82, 2.24) is 20.1 Å². The molecule has 0 aliphatic heterocycles. The molecule has 1 aliphatic carbocycles. The van der Waals surface area contributed by atoms with E-state index in [0.717, 1.165) is 42.5 Å². The molecule has 2 heterocycles. The Morgan fingerprint density at radius 2 is 1.86 bits per heavy atom. The zero-order chi connectivity index (χ0) is 20.2. The van der Waals surface area contributed by atoms with E-state index in [2.05, 4.69) is 15.4 Å². The van der Waals surface area contributed by atoms with Gasteiger partial charge in [-0.2, -0.15) is 5.10 Å². The van der Waals surface area contributed by atoms with Crippen LogP contribution in [0.25, 0.3) is 11.3 Å². The number of carbonyl (C=O) groups is 1. The van der Waals surface area contributed by atoms with Crippen LogP contribution in [0.15, 0.2) is 54.7 Å². The predicted octanol–water partition coefficient (Wildman–Crippen LogP) is 3.91. The second-order valence-electron chi connectivity index (χ2n) is 7.64. The summed E-state index contributed by atoms with van der Waals surface area (Å²) in [5, 5.41) is 7.65. The summed E-state index contributed by atoms with van der Waals surface area (Å²) in [6, 6.07) is 15.8. The molecule has 0 unspecified atom stereocenters. The molecule has 150 valence electrons. The number of rotatable bonds is 5. The molecule has 2 aromatic heterocycles. The minimum atomic E-state index is -0.0771. The largest absolute Gasteiger partial charge is 0.474 e. The highest BCUT2D eigenvalue weighted by Gasteiger charge is 2.25. The summed E-state index contributed by atoms with van der Waals surface area (Å²) in [6.45, 7) is 2.01. The van der Waals surface area contributed by atoms with E-state index in [4.69, 9.17) is 4.74 Å². The lowest BCUT2D eigenvalue weighted by Gasteiger charge is -2.29. The number of hydrogen-bond donors (Lipinski definition) is 1. The zero-order valence-electron chi connectivity index (χ0n) is 16.8.